The molecule has 0 aliphatic carbocycles. The number of halogens is 3. The molecule has 2 rings (SSSR count). The van der Waals surface area contributed by atoms with Crippen LogP contribution in [0.3, 0.4) is 0 Å². The largest absolute Gasteiger partial charge is 0.416 e. The van der Waals surface area contributed by atoms with E-state index in [1.165, 1.54) is 0 Å². The van der Waals surface area contributed by atoms with Gasteiger partial charge in [-0.15, -0.1) is 0 Å². The quantitative estimate of drug-likeness (QED) is 0.844. The van der Waals surface area contributed by atoms with Crippen LogP contribution in [-0.4, -0.2) is 24.0 Å². The lowest BCUT2D eigenvalue weighted by atomic mass is 10.1. The molecule has 3 nitrogen and oxygen atoms in total. The summed E-state index contributed by atoms with van der Waals surface area (Å²) in [6, 6.07) is 2.79. The number of hydrogen-bond donors (Lipinski definition) is 2. The van der Waals surface area contributed by atoms with E-state index < -0.39 is 17.6 Å². The third kappa shape index (κ3) is 3.59. The highest BCUT2D eigenvalue weighted by molar-refractivity contribution is 7.99. The SMILES string of the molecule is Nc1ccc(C(F)(F)F)cc1C(=O)NCC1CCSC1. The first-order chi connectivity index (χ1) is 9.38. The number of nitrogens with two attached hydrogens (primary N) is 1. The second kappa shape index (κ2) is 5.95. The molecule has 3 N–H and O–H groups in total. The second-order valence-corrected chi connectivity index (χ2v) is 5.89. The monoisotopic (exact) mass is 304 g/mol. The summed E-state index contributed by atoms with van der Waals surface area (Å²) in [6.45, 7) is 0.474. The van der Waals surface area contributed by atoms with Crippen molar-refractivity contribution in [1.29, 1.82) is 0 Å². The van der Waals surface area contributed by atoms with Gasteiger partial charge in [-0.3, -0.25) is 4.79 Å². The van der Waals surface area contributed by atoms with Gasteiger partial charge in [0.2, 0.25) is 0 Å². The van der Waals surface area contributed by atoms with E-state index in [2.05, 4.69) is 5.32 Å². The molecule has 1 aromatic carbocycles. The van der Waals surface area contributed by atoms with Crippen LogP contribution in [0, 0.1) is 5.92 Å². The molecule has 1 atom stereocenters. The number of anilines is 1. The van der Waals surface area contributed by atoms with E-state index in [4.69, 9.17) is 5.73 Å². The Bertz CT molecular complexity index is 499. The van der Waals surface area contributed by atoms with Crippen LogP contribution in [-0.2, 0) is 6.18 Å². The number of thioether (sulfide) groups is 1. The van der Waals surface area contributed by atoms with Crippen LogP contribution < -0.4 is 11.1 Å². The van der Waals surface area contributed by atoms with Crippen LogP contribution in [0.1, 0.15) is 22.3 Å². The molecule has 0 saturated carbocycles. The van der Waals surface area contributed by atoms with Gasteiger partial charge in [0.1, 0.15) is 0 Å². The van der Waals surface area contributed by atoms with E-state index in [0.29, 0.717) is 12.5 Å². The van der Waals surface area contributed by atoms with Gasteiger partial charge in [-0.1, -0.05) is 0 Å². The molecule has 1 fully saturated rings. The Balaban J connectivity index is 2.08. The Morgan fingerprint density at radius 1 is 1.45 bits per heavy atom. The molecule has 1 amide bonds. The van der Waals surface area contributed by atoms with Gasteiger partial charge in [0.25, 0.3) is 5.91 Å². The Morgan fingerprint density at radius 3 is 2.80 bits per heavy atom. The zero-order valence-electron chi connectivity index (χ0n) is 10.7. The van der Waals surface area contributed by atoms with Crippen LogP contribution in [0.5, 0.6) is 0 Å². The summed E-state index contributed by atoms with van der Waals surface area (Å²) in [6.07, 6.45) is -3.46. The van der Waals surface area contributed by atoms with E-state index in [1.54, 1.807) is 0 Å². The Morgan fingerprint density at radius 2 is 2.20 bits per heavy atom. The maximum Gasteiger partial charge on any atom is 0.416 e. The fourth-order valence-corrected chi connectivity index (χ4v) is 3.29. The van der Waals surface area contributed by atoms with Gasteiger partial charge in [-0.2, -0.15) is 24.9 Å². The van der Waals surface area contributed by atoms with Gasteiger partial charge in [0, 0.05) is 12.2 Å². The summed E-state index contributed by atoms with van der Waals surface area (Å²) in [5.41, 5.74) is 4.65. The summed E-state index contributed by atoms with van der Waals surface area (Å²) < 4.78 is 37.9. The first-order valence-electron chi connectivity index (χ1n) is 6.20. The van der Waals surface area contributed by atoms with Crippen LogP contribution in [0.25, 0.3) is 0 Å². The smallest absolute Gasteiger partial charge is 0.398 e. The Kier molecular flexibility index (Phi) is 4.47. The molecular formula is C13H15F3N2OS. The van der Waals surface area contributed by atoms with Gasteiger partial charge in [-0.25, -0.2) is 0 Å². The third-order valence-electron chi connectivity index (χ3n) is 3.20. The summed E-state index contributed by atoms with van der Waals surface area (Å²) in [7, 11) is 0. The molecule has 110 valence electrons. The van der Waals surface area contributed by atoms with E-state index in [1.807, 2.05) is 11.8 Å². The van der Waals surface area contributed by atoms with Crippen molar-refractivity contribution in [2.75, 3.05) is 23.8 Å². The second-order valence-electron chi connectivity index (χ2n) is 4.74. The molecule has 0 radical (unpaired) electrons. The number of alkyl halides is 3. The molecule has 7 heteroatoms. The average Bonchev–Trinajstić information content (AvgIpc) is 2.88. The molecule has 0 bridgehead atoms. The molecule has 0 aromatic heterocycles. The summed E-state index contributed by atoms with van der Waals surface area (Å²) >= 11 is 1.81. The van der Waals surface area contributed by atoms with Crippen LogP contribution in [0.4, 0.5) is 18.9 Å². The number of carbonyl (C=O) groups is 1. The maximum absolute atomic E-state index is 12.6. The highest BCUT2D eigenvalue weighted by Gasteiger charge is 2.31. The van der Waals surface area contributed by atoms with Gasteiger partial charge in [-0.05, 0) is 42.0 Å². The van der Waals surface area contributed by atoms with Gasteiger partial charge < -0.3 is 11.1 Å². The van der Waals surface area contributed by atoms with Crippen LogP contribution in [0.15, 0.2) is 18.2 Å². The topological polar surface area (TPSA) is 55.1 Å². The maximum atomic E-state index is 12.6. The summed E-state index contributed by atoms with van der Waals surface area (Å²) in [4.78, 5) is 11.9. The van der Waals surface area contributed by atoms with E-state index in [-0.39, 0.29) is 11.3 Å². The van der Waals surface area contributed by atoms with Crippen molar-refractivity contribution in [2.45, 2.75) is 12.6 Å². The first-order valence-corrected chi connectivity index (χ1v) is 7.36. The highest BCUT2D eigenvalue weighted by Crippen LogP contribution is 2.31. The number of nitrogens with one attached hydrogen (secondary N) is 1. The van der Waals surface area contributed by atoms with Gasteiger partial charge in [0.05, 0.1) is 11.1 Å². The lowest BCUT2D eigenvalue weighted by Crippen LogP contribution is -2.30. The zero-order chi connectivity index (χ0) is 14.8. The van der Waals surface area contributed by atoms with Crippen molar-refractivity contribution in [2.24, 2.45) is 5.92 Å². The van der Waals surface area contributed by atoms with Crippen LogP contribution in [0.2, 0.25) is 0 Å². The minimum absolute atomic E-state index is 0.0521. The van der Waals surface area contributed by atoms with Crippen molar-refractivity contribution in [3.63, 3.8) is 0 Å². The average molecular weight is 304 g/mol. The summed E-state index contributed by atoms with van der Waals surface area (Å²) in [5, 5.41) is 2.66. The molecule has 1 aromatic rings. The number of amides is 1. The van der Waals surface area contributed by atoms with Crippen molar-refractivity contribution >= 4 is 23.4 Å². The number of hydrogen-bond acceptors (Lipinski definition) is 3. The van der Waals surface area contributed by atoms with Gasteiger partial charge in [0.15, 0.2) is 0 Å². The minimum Gasteiger partial charge on any atom is -0.398 e. The predicted octanol–water partition coefficient (Wildman–Crippen LogP) is 2.77. The fourth-order valence-electron chi connectivity index (χ4n) is 2.01. The fraction of sp³-hybridized carbons (Fsp3) is 0.462. The molecule has 1 saturated heterocycles. The van der Waals surface area contributed by atoms with Crippen molar-refractivity contribution in [3.8, 4) is 0 Å². The predicted molar refractivity (Wildman–Crippen MR) is 73.6 cm³/mol. The lowest BCUT2D eigenvalue weighted by Gasteiger charge is -2.13. The minimum atomic E-state index is -4.48. The molecule has 1 unspecified atom stereocenters. The number of nitrogen functional groups attached to an aromatic ring is 1. The molecular weight excluding hydrogens is 289 g/mol. The van der Waals surface area contributed by atoms with E-state index in [9.17, 15) is 18.0 Å². The van der Waals surface area contributed by atoms with Crippen LogP contribution >= 0.6 is 11.8 Å². The van der Waals surface area contributed by atoms with Crippen molar-refractivity contribution in [3.05, 3.63) is 29.3 Å². The van der Waals surface area contributed by atoms with Crippen molar-refractivity contribution < 1.29 is 18.0 Å². The van der Waals surface area contributed by atoms with Gasteiger partial charge >= 0.3 is 6.18 Å². The van der Waals surface area contributed by atoms with Crippen molar-refractivity contribution in [1.82, 2.24) is 5.32 Å². The van der Waals surface area contributed by atoms with E-state index >= 15 is 0 Å². The molecule has 1 aliphatic rings. The lowest BCUT2D eigenvalue weighted by molar-refractivity contribution is -0.137. The Labute approximate surface area is 119 Å². The first kappa shape index (κ1) is 15.0. The zero-order valence-corrected chi connectivity index (χ0v) is 11.5. The third-order valence-corrected chi connectivity index (χ3v) is 4.43. The molecule has 1 heterocycles. The van der Waals surface area contributed by atoms with E-state index in [0.717, 1.165) is 36.1 Å². The number of benzene rings is 1. The molecule has 20 heavy (non-hydrogen) atoms. The standard InChI is InChI=1S/C13H15F3N2OS/c14-13(15,16)9-1-2-11(17)10(5-9)12(19)18-6-8-3-4-20-7-8/h1-2,5,8H,3-4,6-7,17H2,(H,18,19). The molecule has 1 aliphatic heterocycles. The Hall–Kier alpha value is -1.37. The number of carbonyl (C=O) groups excluding carboxylic acids is 1. The molecule has 0 spiro atoms. The highest BCUT2D eigenvalue weighted by atomic mass is 32.2. The number of rotatable bonds is 3. The summed E-state index contributed by atoms with van der Waals surface area (Å²) in [5.74, 6) is 1.87. The normalized spacial score (nSPS) is 19.1.